The van der Waals surface area contributed by atoms with Gasteiger partial charge in [-0.05, 0) is 48.0 Å². The summed E-state index contributed by atoms with van der Waals surface area (Å²) in [7, 11) is 2.78. The molecule has 2 aromatic carbocycles. The Morgan fingerprint density at radius 3 is 2.49 bits per heavy atom. The van der Waals surface area contributed by atoms with Crippen LogP contribution in [0, 0.1) is 28.8 Å². The smallest absolute Gasteiger partial charge is 0.356 e. The standard InChI is InChI=1S/C31H24F3N5O4/c1-41-11-10-39-28(36-26-8-9-27(31(40)42-2)38-30(26)39)14-20-13-24(34)21(15-23(20)33)25-4-3-5-29(37-25)43-17-19-7-6-18(16-35)12-22(19)32/h3-9,12-13,15H,10-11,14,17H2,1-2H3. The van der Waals surface area contributed by atoms with E-state index in [1.54, 1.807) is 16.7 Å². The predicted octanol–water partition coefficient (Wildman–Crippen LogP) is 5.39. The van der Waals surface area contributed by atoms with Crippen molar-refractivity contribution in [3.8, 4) is 23.2 Å². The Hall–Kier alpha value is -5.28. The third-order valence-electron chi connectivity index (χ3n) is 6.63. The highest BCUT2D eigenvalue weighted by Crippen LogP contribution is 2.28. The number of carbonyl (C=O) groups is 1. The first-order chi connectivity index (χ1) is 20.8. The molecule has 3 aromatic heterocycles. The first-order valence-corrected chi connectivity index (χ1v) is 13.0. The SMILES string of the molecule is COCCn1c(Cc2cc(F)c(-c3cccc(OCc4ccc(C#N)cc4F)n3)cc2F)nc2ccc(C(=O)OC)nc21. The van der Waals surface area contributed by atoms with E-state index in [-0.39, 0.29) is 52.5 Å². The van der Waals surface area contributed by atoms with Crippen molar-refractivity contribution in [2.75, 3.05) is 20.8 Å². The lowest BCUT2D eigenvalue weighted by molar-refractivity contribution is 0.0594. The number of hydrogen-bond donors (Lipinski definition) is 0. The van der Waals surface area contributed by atoms with Crippen molar-refractivity contribution in [3.63, 3.8) is 0 Å². The van der Waals surface area contributed by atoms with Gasteiger partial charge in [0.2, 0.25) is 5.88 Å². The molecular formula is C31H24F3N5O4. The zero-order valence-corrected chi connectivity index (χ0v) is 23.1. The summed E-state index contributed by atoms with van der Waals surface area (Å²) in [5.41, 5.74) is 1.41. The molecule has 0 aliphatic carbocycles. The molecule has 0 aliphatic rings. The second kappa shape index (κ2) is 12.7. The van der Waals surface area contributed by atoms with Gasteiger partial charge in [-0.1, -0.05) is 12.1 Å². The Bertz CT molecular complexity index is 1870. The Kier molecular flexibility index (Phi) is 8.64. The van der Waals surface area contributed by atoms with E-state index in [4.69, 9.17) is 19.5 Å². The van der Waals surface area contributed by atoms with Crippen molar-refractivity contribution in [1.82, 2.24) is 19.5 Å². The van der Waals surface area contributed by atoms with Gasteiger partial charge in [-0.3, -0.25) is 0 Å². The molecule has 0 aliphatic heterocycles. The first kappa shape index (κ1) is 29.2. The van der Waals surface area contributed by atoms with E-state index in [0.717, 1.165) is 18.2 Å². The van der Waals surface area contributed by atoms with E-state index in [0.29, 0.717) is 30.1 Å². The third kappa shape index (κ3) is 6.32. The topological polar surface area (TPSA) is 112 Å². The van der Waals surface area contributed by atoms with E-state index in [1.165, 1.54) is 44.6 Å². The summed E-state index contributed by atoms with van der Waals surface area (Å²) in [4.78, 5) is 25.2. The van der Waals surface area contributed by atoms with Crippen LogP contribution in [0.25, 0.3) is 22.4 Å². The number of rotatable bonds is 10. The second-order valence-corrected chi connectivity index (χ2v) is 9.37. The van der Waals surface area contributed by atoms with Crippen LogP contribution in [0.5, 0.6) is 5.88 Å². The average Bonchev–Trinajstić information content (AvgIpc) is 3.36. The van der Waals surface area contributed by atoms with Crippen molar-refractivity contribution < 1.29 is 32.2 Å². The summed E-state index contributed by atoms with van der Waals surface area (Å²) in [6.07, 6.45) is -0.0661. The van der Waals surface area contributed by atoms with Crippen molar-refractivity contribution >= 4 is 17.1 Å². The number of pyridine rings is 2. The van der Waals surface area contributed by atoms with Gasteiger partial charge >= 0.3 is 5.97 Å². The fourth-order valence-electron chi connectivity index (χ4n) is 4.44. The Labute approximate surface area is 244 Å². The number of methoxy groups -OCH3 is 2. The number of fused-ring (bicyclic) bond motifs is 1. The molecule has 12 heteroatoms. The maximum absolute atomic E-state index is 15.4. The van der Waals surface area contributed by atoms with E-state index in [9.17, 15) is 9.18 Å². The average molecular weight is 588 g/mol. The van der Waals surface area contributed by atoms with Crippen molar-refractivity contribution in [2.45, 2.75) is 19.6 Å². The Balaban J connectivity index is 1.40. The fourth-order valence-corrected chi connectivity index (χ4v) is 4.44. The number of hydrogen-bond acceptors (Lipinski definition) is 8. The third-order valence-corrected chi connectivity index (χ3v) is 6.63. The van der Waals surface area contributed by atoms with E-state index >= 15 is 8.78 Å². The highest BCUT2D eigenvalue weighted by molar-refractivity contribution is 5.89. The molecule has 0 saturated carbocycles. The Morgan fingerprint density at radius 2 is 1.74 bits per heavy atom. The number of nitriles is 1. The molecule has 5 aromatic rings. The summed E-state index contributed by atoms with van der Waals surface area (Å²) in [6.45, 7) is 0.426. The van der Waals surface area contributed by atoms with Gasteiger partial charge in [-0.2, -0.15) is 5.26 Å². The van der Waals surface area contributed by atoms with Gasteiger partial charge in [0.05, 0.1) is 31.0 Å². The molecule has 3 heterocycles. The van der Waals surface area contributed by atoms with Crippen LogP contribution in [0.4, 0.5) is 13.2 Å². The van der Waals surface area contributed by atoms with Crippen LogP contribution < -0.4 is 4.74 Å². The molecule has 43 heavy (non-hydrogen) atoms. The molecule has 0 spiro atoms. The van der Waals surface area contributed by atoms with Crippen molar-refractivity contribution in [2.24, 2.45) is 0 Å². The van der Waals surface area contributed by atoms with Crippen molar-refractivity contribution in [3.05, 3.63) is 106 Å². The summed E-state index contributed by atoms with van der Waals surface area (Å²) in [5.74, 6) is -2.14. The molecule has 0 unspecified atom stereocenters. The van der Waals surface area contributed by atoms with Gasteiger partial charge in [-0.25, -0.2) is 32.9 Å². The van der Waals surface area contributed by atoms with Crippen LogP contribution >= 0.6 is 0 Å². The molecule has 0 radical (unpaired) electrons. The summed E-state index contributed by atoms with van der Waals surface area (Å²) < 4.78 is 62.2. The number of carbonyl (C=O) groups excluding carboxylic acids is 1. The lowest BCUT2D eigenvalue weighted by Gasteiger charge is -2.12. The molecule has 0 N–H and O–H groups in total. The van der Waals surface area contributed by atoms with Crippen LogP contribution in [0.1, 0.15) is 33.0 Å². The molecule has 0 amide bonds. The number of esters is 1. The van der Waals surface area contributed by atoms with Gasteiger partial charge < -0.3 is 18.8 Å². The fraction of sp³-hybridized carbons (Fsp3) is 0.194. The summed E-state index contributed by atoms with van der Waals surface area (Å²) in [6, 6.07) is 15.7. The highest BCUT2D eigenvalue weighted by atomic mass is 19.1. The molecule has 0 fully saturated rings. The number of benzene rings is 2. The van der Waals surface area contributed by atoms with Gasteiger partial charge in [-0.15, -0.1) is 0 Å². The molecule has 9 nitrogen and oxygen atoms in total. The number of ether oxygens (including phenoxy) is 3. The number of nitrogens with zero attached hydrogens (tertiary/aromatic N) is 5. The van der Waals surface area contributed by atoms with Crippen LogP contribution in [-0.4, -0.2) is 46.3 Å². The minimum Gasteiger partial charge on any atom is -0.473 e. The molecular weight excluding hydrogens is 563 g/mol. The highest BCUT2D eigenvalue weighted by Gasteiger charge is 2.19. The second-order valence-electron chi connectivity index (χ2n) is 9.37. The molecule has 0 bridgehead atoms. The number of halogens is 3. The molecule has 0 saturated heterocycles. The zero-order valence-electron chi connectivity index (χ0n) is 23.1. The predicted molar refractivity (Wildman–Crippen MR) is 149 cm³/mol. The van der Waals surface area contributed by atoms with Crippen LogP contribution in [-0.2, 0) is 29.0 Å². The van der Waals surface area contributed by atoms with Crippen LogP contribution in [0.3, 0.4) is 0 Å². The van der Waals surface area contributed by atoms with Crippen LogP contribution in [0.2, 0.25) is 0 Å². The number of aromatic nitrogens is 4. The number of imidazole rings is 1. The minimum atomic E-state index is -0.718. The van der Waals surface area contributed by atoms with E-state index in [1.807, 2.05) is 6.07 Å². The van der Waals surface area contributed by atoms with Gasteiger partial charge in [0.1, 0.15) is 35.4 Å². The van der Waals surface area contributed by atoms with Crippen molar-refractivity contribution in [1.29, 1.82) is 5.26 Å². The maximum atomic E-state index is 15.4. The first-order valence-electron chi connectivity index (χ1n) is 13.0. The van der Waals surface area contributed by atoms with E-state index in [2.05, 4.69) is 15.0 Å². The summed E-state index contributed by atoms with van der Waals surface area (Å²) in [5, 5.41) is 8.90. The normalized spacial score (nSPS) is 11.0. The van der Waals surface area contributed by atoms with Crippen LogP contribution in [0.15, 0.2) is 60.7 Å². The van der Waals surface area contributed by atoms with Gasteiger partial charge in [0, 0.05) is 37.3 Å². The summed E-state index contributed by atoms with van der Waals surface area (Å²) >= 11 is 0. The van der Waals surface area contributed by atoms with Gasteiger partial charge in [0.25, 0.3) is 0 Å². The molecule has 5 rings (SSSR count). The lowest BCUT2D eigenvalue weighted by Crippen LogP contribution is -2.11. The maximum Gasteiger partial charge on any atom is 0.356 e. The largest absolute Gasteiger partial charge is 0.473 e. The quantitative estimate of drug-likeness (QED) is 0.200. The van der Waals surface area contributed by atoms with Gasteiger partial charge in [0.15, 0.2) is 11.3 Å². The molecule has 0 atom stereocenters. The minimum absolute atomic E-state index is 0.0483. The lowest BCUT2D eigenvalue weighted by atomic mass is 10.0. The Morgan fingerprint density at radius 1 is 0.930 bits per heavy atom. The monoisotopic (exact) mass is 587 g/mol. The molecule has 218 valence electrons. The zero-order chi connectivity index (χ0) is 30.5. The van der Waals surface area contributed by atoms with E-state index < -0.39 is 23.4 Å².